The van der Waals surface area contributed by atoms with Crippen LogP contribution in [0.3, 0.4) is 0 Å². The van der Waals surface area contributed by atoms with Crippen molar-refractivity contribution in [3.8, 4) is 0 Å². The summed E-state index contributed by atoms with van der Waals surface area (Å²) in [7, 11) is 0. The Hall–Kier alpha value is -1.96. The number of para-hydroxylation sites is 1. The molecule has 0 aromatic heterocycles. The fourth-order valence-corrected chi connectivity index (χ4v) is 2.91. The van der Waals surface area contributed by atoms with Crippen LogP contribution in [0.5, 0.6) is 0 Å². The number of benzene rings is 1. The quantitative estimate of drug-likeness (QED) is 0.655. The topological polar surface area (TPSA) is 24.7 Å². The van der Waals surface area contributed by atoms with E-state index < -0.39 is 0 Å². The lowest BCUT2D eigenvalue weighted by molar-refractivity contribution is 0.877. The van der Waals surface area contributed by atoms with E-state index in [1.807, 2.05) is 0 Å². The SMILES string of the molecule is C1=C2CCN=C(C2)CC2=c3ccccc3=NC2=C1. The molecule has 1 aliphatic carbocycles. The van der Waals surface area contributed by atoms with E-state index in [0.717, 1.165) is 36.9 Å². The zero-order valence-corrected chi connectivity index (χ0v) is 10.2. The number of aliphatic imine (C=N–C) groups is 1. The van der Waals surface area contributed by atoms with E-state index in [1.54, 1.807) is 0 Å². The van der Waals surface area contributed by atoms with Gasteiger partial charge < -0.3 is 0 Å². The Morgan fingerprint density at radius 2 is 1.94 bits per heavy atom. The number of fused-ring (bicyclic) bond motifs is 4. The van der Waals surface area contributed by atoms with Crippen molar-refractivity contribution in [2.24, 2.45) is 9.98 Å². The Labute approximate surface area is 106 Å². The van der Waals surface area contributed by atoms with Crippen molar-refractivity contribution >= 4 is 11.3 Å². The second-order valence-electron chi connectivity index (χ2n) is 5.04. The average molecular weight is 234 g/mol. The molecule has 0 spiro atoms. The summed E-state index contributed by atoms with van der Waals surface area (Å²) in [5.74, 6) is 0. The van der Waals surface area contributed by atoms with Crippen LogP contribution in [0.25, 0.3) is 5.57 Å². The first kappa shape index (κ1) is 10.0. The molecule has 18 heavy (non-hydrogen) atoms. The molecule has 0 amide bonds. The number of hydrogen-bond acceptors (Lipinski definition) is 2. The van der Waals surface area contributed by atoms with E-state index in [2.05, 4.69) is 41.4 Å². The van der Waals surface area contributed by atoms with Crippen LogP contribution in [0.4, 0.5) is 0 Å². The molecular formula is C16H14N2. The van der Waals surface area contributed by atoms with Crippen molar-refractivity contribution in [1.29, 1.82) is 0 Å². The zero-order chi connectivity index (χ0) is 11.9. The molecule has 2 heteroatoms. The molecule has 0 fully saturated rings. The molecule has 0 saturated heterocycles. The minimum Gasteiger partial charge on any atom is -0.293 e. The predicted molar refractivity (Wildman–Crippen MR) is 73.0 cm³/mol. The minimum absolute atomic E-state index is 0.955. The van der Waals surface area contributed by atoms with Crippen LogP contribution in [-0.2, 0) is 0 Å². The van der Waals surface area contributed by atoms with Crippen LogP contribution in [0.2, 0.25) is 0 Å². The largest absolute Gasteiger partial charge is 0.293 e. The summed E-state index contributed by atoms with van der Waals surface area (Å²) in [5.41, 5.74) is 5.29. The summed E-state index contributed by atoms with van der Waals surface area (Å²) in [6.45, 7) is 0.955. The monoisotopic (exact) mass is 234 g/mol. The Morgan fingerprint density at radius 1 is 1.00 bits per heavy atom. The maximum absolute atomic E-state index is 4.73. The molecule has 2 heterocycles. The van der Waals surface area contributed by atoms with E-state index in [1.165, 1.54) is 22.1 Å². The predicted octanol–water partition coefficient (Wildman–Crippen LogP) is 1.92. The lowest BCUT2D eigenvalue weighted by atomic mass is 9.93. The first-order chi connectivity index (χ1) is 8.90. The summed E-state index contributed by atoms with van der Waals surface area (Å²) >= 11 is 0. The van der Waals surface area contributed by atoms with Gasteiger partial charge in [0.1, 0.15) is 0 Å². The highest BCUT2D eigenvalue weighted by molar-refractivity contribution is 5.96. The third kappa shape index (κ3) is 1.49. The first-order valence-corrected chi connectivity index (χ1v) is 6.49. The summed E-state index contributed by atoms with van der Waals surface area (Å²) in [6, 6.07) is 8.41. The summed E-state index contributed by atoms with van der Waals surface area (Å²) in [6.07, 6.45) is 7.56. The van der Waals surface area contributed by atoms with Gasteiger partial charge in [-0.05, 0) is 24.1 Å². The maximum atomic E-state index is 4.73. The van der Waals surface area contributed by atoms with E-state index in [0.29, 0.717) is 0 Å². The van der Waals surface area contributed by atoms with Crippen LogP contribution in [0.15, 0.2) is 57.7 Å². The lowest BCUT2D eigenvalue weighted by Gasteiger charge is -2.18. The third-order valence-corrected chi connectivity index (χ3v) is 3.84. The van der Waals surface area contributed by atoms with Gasteiger partial charge in [0.05, 0.1) is 11.1 Å². The molecule has 2 aliphatic heterocycles. The molecule has 1 aromatic carbocycles. The molecule has 1 aromatic rings. The van der Waals surface area contributed by atoms with Gasteiger partial charge in [-0.1, -0.05) is 29.8 Å². The highest BCUT2D eigenvalue weighted by Gasteiger charge is 2.19. The maximum Gasteiger partial charge on any atom is 0.0713 e. The highest BCUT2D eigenvalue weighted by atomic mass is 14.8. The van der Waals surface area contributed by atoms with Gasteiger partial charge in [-0.3, -0.25) is 4.99 Å². The van der Waals surface area contributed by atoms with Crippen LogP contribution in [0.1, 0.15) is 19.3 Å². The molecular weight excluding hydrogens is 220 g/mol. The van der Waals surface area contributed by atoms with Gasteiger partial charge in [0.15, 0.2) is 0 Å². The first-order valence-electron chi connectivity index (χ1n) is 6.49. The van der Waals surface area contributed by atoms with Gasteiger partial charge >= 0.3 is 0 Å². The Balaban J connectivity index is 2.00. The molecule has 0 atom stereocenters. The summed E-state index contributed by atoms with van der Waals surface area (Å²) in [5, 5.41) is 2.39. The van der Waals surface area contributed by atoms with Gasteiger partial charge in [0, 0.05) is 30.3 Å². The Morgan fingerprint density at radius 3 is 2.94 bits per heavy atom. The van der Waals surface area contributed by atoms with Crippen LogP contribution in [-0.4, -0.2) is 12.3 Å². The van der Waals surface area contributed by atoms with Gasteiger partial charge in [0.2, 0.25) is 0 Å². The fourth-order valence-electron chi connectivity index (χ4n) is 2.91. The van der Waals surface area contributed by atoms with E-state index in [9.17, 15) is 0 Å². The van der Waals surface area contributed by atoms with Gasteiger partial charge in [-0.25, -0.2) is 4.99 Å². The highest BCUT2D eigenvalue weighted by Crippen LogP contribution is 2.27. The van der Waals surface area contributed by atoms with Crippen molar-refractivity contribution in [2.45, 2.75) is 19.3 Å². The lowest BCUT2D eigenvalue weighted by Crippen LogP contribution is -2.23. The molecule has 3 aliphatic rings. The molecule has 0 saturated carbocycles. The molecule has 2 bridgehead atoms. The molecule has 0 N–H and O–H groups in total. The van der Waals surface area contributed by atoms with Gasteiger partial charge in [-0.2, -0.15) is 0 Å². The zero-order valence-electron chi connectivity index (χ0n) is 10.2. The van der Waals surface area contributed by atoms with Crippen molar-refractivity contribution in [3.63, 3.8) is 0 Å². The Kier molecular flexibility index (Phi) is 2.10. The van der Waals surface area contributed by atoms with Crippen molar-refractivity contribution in [1.82, 2.24) is 0 Å². The van der Waals surface area contributed by atoms with Crippen LogP contribution < -0.4 is 10.6 Å². The van der Waals surface area contributed by atoms with Crippen molar-refractivity contribution < 1.29 is 0 Å². The third-order valence-electron chi connectivity index (χ3n) is 3.84. The molecule has 2 nitrogen and oxygen atoms in total. The summed E-state index contributed by atoms with van der Waals surface area (Å²) < 4.78 is 0. The van der Waals surface area contributed by atoms with Gasteiger partial charge in [0.25, 0.3) is 0 Å². The molecule has 4 rings (SSSR count). The standard InChI is InChI=1S/C16H14N2/c1-2-4-15-13(3-1)14-10-12-9-11(7-8-17-12)5-6-16(14)18-15/h1-6H,7-10H2. The second-order valence-corrected chi connectivity index (χ2v) is 5.04. The second kappa shape index (κ2) is 3.77. The van der Waals surface area contributed by atoms with Crippen LogP contribution >= 0.6 is 0 Å². The average Bonchev–Trinajstić information content (AvgIpc) is 2.74. The Bertz CT molecular complexity index is 733. The molecule has 0 unspecified atom stereocenters. The smallest absolute Gasteiger partial charge is 0.0713 e. The van der Waals surface area contributed by atoms with Gasteiger partial charge in [-0.15, -0.1) is 0 Å². The number of rotatable bonds is 0. The fraction of sp³-hybridized carbons (Fsp3) is 0.250. The summed E-state index contributed by atoms with van der Waals surface area (Å²) in [4.78, 5) is 9.40. The van der Waals surface area contributed by atoms with Crippen LogP contribution in [0, 0.1) is 0 Å². The number of allylic oxidation sites excluding steroid dienone is 3. The van der Waals surface area contributed by atoms with E-state index >= 15 is 0 Å². The van der Waals surface area contributed by atoms with Crippen molar-refractivity contribution in [3.05, 3.63) is 58.3 Å². The number of nitrogens with zero attached hydrogens (tertiary/aromatic N) is 2. The molecule has 88 valence electrons. The van der Waals surface area contributed by atoms with E-state index in [-0.39, 0.29) is 0 Å². The minimum atomic E-state index is 0.955. The van der Waals surface area contributed by atoms with E-state index in [4.69, 9.17) is 4.99 Å². The normalized spacial score (nSPS) is 20.7. The molecule has 0 radical (unpaired) electrons. The van der Waals surface area contributed by atoms with Crippen molar-refractivity contribution in [2.75, 3.05) is 6.54 Å². The number of hydrogen-bond donors (Lipinski definition) is 0.